The lowest BCUT2D eigenvalue weighted by Crippen LogP contribution is -2.30. The van der Waals surface area contributed by atoms with Gasteiger partial charge in [0.1, 0.15) is 5.82 Å². The van der Waals surface area contributed by atoms with E-state index >= 15 is 0 Å². The fourth-order valence-corrected chi connectivity index (χ4v) is 3.50. The van der Waals surface area contributed by atoms with E-state index < -0.39 is 0 Å². The molecule has 100 valence electrons. The molecule has 3 rings (SSSR count). The number of nitrogens with one attached hydrogen (secondary N) is 1. The van der Waals surface area contributed by atoms with Crippen molar-refractivity contribution in [3.63, 3.8) is 0 Å². The second-order valence-corrected chi connectivity index (χ2v) is 5.96. The maximum absolute atomic E-state index is 12.6. The summed E-state index contributed by atoms with van der Waals surface area (Å²) >= 11 is 1.53. The van der Waals surface area contributed by atoms with Gasteiger partial charge in [0.25, 0.3) is 5.91 Å². The van der Waals surface area contributed by atoms with Gasteiger partial charge < -0.3 is 9.88 Å². The van der Waals surface area contributed by atoms with E-state index in [4.69, 9.17) is 0 Å². The highest BCUT2D eigenvalue weighted by molar-refractivity contribution is 7.12. The van der Waals surface area contributed by atoms with Crippen molar-refractivity contribution in [1.29, 1.82) is 0 Å². The molecule has 0 saturated carbocycles. The Morgan fingerprint density at radius 3 is 3.00 bits per heavy atom. The predicted octanol–water partition coefficient (Wildman–Crippen LogP) is 3.07. The highest BCUT2D eigenvalue weighted by Crippen LogP contribution is 2.32. The highest BCUT2D eigenvalue weighted by atomic mass is 32.1. The van der Waals surface area contributed by atoms with E-state index in [1.54, 1.807) is 0 Å². The number of amides is 1. The Hall–Kier alpha value is -1.62. The summed E-state index contributed by atoms with van der Waals surface area (Å²) in [7, 11) is 0. The molecule has 0 aliphatic carbocycles. The number of H-pyrrole nitrogens is 1. The second-order valence-electron chi connectivity index (χ2n) is 5.04. The molecule has 2 aromatic rings. The SMILES string of the molecule is Cc1cnc([C@H]2CCCN2C(=O)c2sccc2C)[nH]1. The molecule has 3 heterocycles. The van der Waals surface area contributed by atoms with Crippen molar-refractivity contribution < 1.29 is 4.79 Å². The molecule has 1 aliphatic rings. The molecule has 2 aromatic heterocycles. The number of hydrogen-bond donors (Lipinski definition) is 1. The molecule has 0 spiro atoms. The lowest BCUT2D eigenvalue weighted by atomic mass is 10.2. The average molecular weight is 275 g/mol. The number of likely N-dealkylation sites (tertiary alicyclic amines) is 1. The zero-order valence-electron chi connectivity index (χ0n) is 11.1. The van der Waals surface area contributed by atoms with Crippen LogP contribution in [-0.2, 0) is 0 Å². The van der Waals surface area contributed by atoms with Crippen LogP contribution in [0.4, 0.5) is 0 Å². The zero-order valence-corrected chi connectivity index (χ0v) is 12.0. The Kier molecular flexibility index (Phi) is 3.14. The maximum Gasteiger partial charge on any atom is 0.264 e. The summed E-state index contributed by atoms with van der Waals surface area (Å²) in [6.07, 6.45) is 3.86. The Bertz CT molecular complexity index is 601. The smallest absolute Gasteiger partial charge is 0.264 e. The third-order valence-electron chi connectivity index (χ3n) is 3.61. The van der Waals surface area contributed by atoms with E-state index in [2.05, 4.69) is 9.97 Å². The number of carbonyl (C=O) groups excluding carboxylic acids is 1. The summed E-state index contributed by atoms with van der Waals surface area (Å²) in [6, 6.07) is 2.10. The number of aromatic amines is 1. The fraction of sp³-hybridized carbons (Fsp3) is 0.429. The molecule has 1 fully saturated rings. The molecule has 5 heteroatoms. The molecule has 19 heavy (non-hydrogen) atoms. The van der Waals surface area contributed by atoms with Gasteiger partial charge in [-0.15, -0.1) is 11.3 Å². The number of aryl methyl sites for hydroxylation is 2. The minimum absolute atomic E-state index is 0.0997. The van der Waals surface area contributed by atoms with E-state index in [0.29, 0.717) is 0 Å². The zero-order chi connectivity index (χ0) is 13.4. The standard InChI is InChI=1S/C14H17N3OS/c1-9-5-7-19-12(9)14(18)17-6-3-4-11(17)13-15-8-10(2)16-13/h5,7-8,11H,3-4,6H2,1-2H3,(H,15,16)/t11-/m1/s1. The van der Waals surface area contributed by atoms with Gasteiger partial charge >= 0.3 is 0 Å². The molecule has 1 saturated heterocycles. The van der Waals surface area contributed by atoms with Crippen molar-refractivity contribution in [3.05, 3.63) is 39.6 Å². The van der Waals surface area contributed by atoms with Crippen molar-refractivity contribution in [1.82, 2.24) is 14.9 Å². The number of carbonyl (C=O) groups is 1. The van der Waals surface area contributed by atoms with Crippen LogP contribution < -0.4 is 0 Å². The number of nitrogens with zero attached hydrogens (tertiary/aromatic N) is 2. The van der Waals surface area contributed by atoms with Crippen LogP contribution in [0.1, 0.15) is 45.6 Å². The normalized spacial score (nSPS) is 19.1. The minimum Gasteiger partial charge on any atom is -0.344 e. The summed E-state index contributed by atoms with van der Waals surface area (Å²) in [5.41, 5.74) is 2.11. The third kappa shape index (κ3) is 2.18. The van der Waals surface area contributed by atoms with E-state index in [0.717, 1.165) is 41.3 Å². The Balaban J connectivity index is 1.88. The largest absolute Gasteiger partial charge is 0.344 e. The van der Waals surface area contributed by atoms with Crippen LogP contribution in [0.5, 0.6) is 0 Å². The Morgan fingerprint density at radius 2 is 2.37 bits per heavy atom. The van der Waals surface area contributed by atoms with Crippen LogP contribution in [-0.4, -0.2) is 27.3 Å². The first-order valence-electron chi connectivity index (χ1n) is 6.53. The first-order chi connectivity index (χ1) is 9.16. The van der Waals surface area contributed by atoms with Gasteiger partial charge in [-0.05, 0) is 43.7 Å². The van der Waals surface area contributed by atoms with E-state index in [-0.39, 0.29) is 11.9 Å². The monoisotopic (exact) mass is 275 g/mol. The van der Waals surface area contributed by atoms with Gasteiger partial charge in [-0.25, -0.2) is 4.98 Å². The molecule has 0 bridgehead atoms. The topological polar surface area (TPSA) is 49.0 Å². The van der Waals surface area contributed by atoms with Crippen LogP contribution in [0.3, 0.4) is 0 Å². The minimum atomic E-state index is 0.0997. The van der Waals surface area contributed by atoms with Crippen molar-refractivity contribution in [2.45, 2.75) is 32.7 Å². The molecular weight excluding hydrogens is 258 g/mol. The van der Waals surface area contributed by atoms with Crippen LogP contribution in [0.2, 0.25) is 0 Å². The maximum atomic E-state index is 12.6. The first kappa shape index (κ1) is 12.4. The van der Waals surface area contributed by atoms with Crippen molar-refractivity contribution in [2.75, 3.05) is 6.54 Å². The summed E-state index contributed by atoms with van der Waals surface area (Å²) in [5, 5.41) is 1.98. The van der Waals surface area contributed by atoms with Gasteiger partial charge in [-0.2, -0.15) is 0 Å². The number of imidazole rings is 1. The first-order valence-corrected chi connectivity index (χ1v) is 7.41. The summed E-state index contributed by atoms with van der Waals surface area (Å²) in [6.45, 7) is 4.80. The number of hydrogen-bond acceptors (Lipinski definition) is 3. The molecule has 0 unspecified atom stereocenters. The molecule has 1 aliphatic heterocycles. The highest BCUT2D eigenvalue weighted by Gasteiger charge is 2.33. The predicted molar refractivity (Wildman–Crippen MR) is 75.4 cm³/mol. The molecular formula is C14H17N3OS. The summed E-state index contributed by atoms with van der Waals surface area (Å²) in [5.74, 6) is 1.06. The molecule has 4 nitrogen and oxygen atoms in total. The van der Waals surface area contributed by atoms with Crippen molar-refractivity contribution in [3.8, 4) is 0 Å². The summed E-state index contributed by atoms with van der Waals surface area (Å²) in [4.78, 5) is 23.1. The molecule has 1 amide bonds. The van der Waals surface area contributed by atoms with Crippen LogP contribution >= 0.6 is 11.3 Å². The van der Waals surface area contributed by atoms with Crippen molar-refractivity contribution >= 4 is 17.2 Å². The third-order valence-corrected chi connectivity index (χ3v) is 4.61. The van der Waals surface area contributed by atoms with Gasteiger partial charge in [0.05, 0.1) is 10.9 Å². The number of rotatable bonds is 2. The quantitative estimate of drug-likeness (QED) is 0.915. The van der Waals surface area contributed by atoms with Crippen LogP contribution in [0, 0.1) is 13.8 Å². The van der Waals surface area contributed by atoms with Gasteiger partial charge in [-0.1, -0.05) is 0 Å². The van der Waals surface area contributed by atoms with Crippen LogP contribution in [0.15, 0.2) is 17.6 Å². The lowest BCUT2D eigenvalue weighted by Gasteiger charge is -2.23. The average Bonchev–Trinajstić information content (AvgIpc) is 3.07. The van der Waals surface area contributed by atoms with E-state index in [1.165, 1.54) is 11.3 Å². The summed E-state index contributed by atoms with van der Waals surface area (Å²) < 4.78 is 0. The van der Waals surface area contributed by atoms with Gasteiger partial charge in [0.2, 0.25) is 0 Å². The Morgan fingerprint density at radius 1 is 1.53 bits per heavy atom. The van der Waals surface area contributed by atoms with Gasteiger partial charge in [-0.3, -0.25) is 4.79 Å². The van der Waals surface area contributed by atoms with Gasteiger partial charge in [0, 0.05) is 18.4 Å². The van der Waals surface area contributed by atoms with Crippen LogP contribution in [0.25, 0.3) is 0 Å². The Labute approximate surface area is 116 Å². The number of aromatic nitrogens is 2. The van der Waals surface area contributed by atoms with Crippen molar-refractivity contribution in [2.24, 2.45) is 0 Å². The fourth-order valence-electron chi connectivity index (χ4n) is 2.62. The molecule has 1 atom stereocenters. The lowest BCUT2D eigenvalue weighted by molar-refractivity contribution is 0.0734. The second kappa shape index (κ2) is 4.81. The van der Waals surface area contributed by atoms with E-state index in [1.807, 2.05) is 36.4 Å². The molecule has 1 N–H and O–H groups in total. The molecule has 0 radical (unpaired) electrons. The molecule has 0 aromatic carbocycles. The number of thiophene rings is 1. The van der Waals surface area contributed by atoms with Gasteiger partial charge in [0.15, 0.2) is 0 Å². The van der Waals surface area contributed by atoms with E-state index in [9.17, 15) is 4.79 Å².